The van der Waals surface area contributed by atoms with E-state index in [1.54, 1.807) is 6.33 Å². The normalized spacial score (nSPS) is 15.6. The fourth-order valence-corrected chi connectivity index (χ4v) is 4.34. The van der Waals surface area contributed by atoms with Crippen LogP contribution >= 0.6 is 0 Å². The second-order valence-electron chi connectivity index (χ2n) is 7.76. The van der Waals surface area contributed by atoms with Gasteiger partial charge in [0.05, 0.1) is 30.0 Å². The van der Waals surface area contributed by atoms with Crippen LogP contribution in [0.2, 0.25) is 0 Å². The highest BCUT2D eigenvalue weighted by atomic mass is 16.5. The molecule has 3 heterocycles. The van der Waals surface area contributed by atoms with Gasteiger partial charge in [-0.15, -0.1) is 0 Å². The number of hydrogen-bond acceptors (Lipinski definition) is 4. The summed E-state index contributed by atoms with van der Waals surface area (Å²) in [5, 5.41) is 4.63. The topological polar surface area (TPSA) is 76.0 Å². The van der Waals surface area contributed by atoms with Gasteiger partial charge < -0.3 is 9.72 Å². The second-order valence-corrected chi connectivity index (χ2v) is 7.76. The van der Waals surface area contributed by atoms with Crippen molar-refractivity contribution in [3.8, 4) is 5.75 Å². The van der Waals surface area contributed by atoms with Crippen molar-refractivity contribution in [2.24, 2.45) is 0 Å². The number of hydrogen-bond donors (Lipinski definition) is 1. The molecule has 0 radical (unpaired) electrons. The van der Waals surface area contributed by atoms with Gasteiger partial charge in [-0.05, 0) is 56.2 Å². The SMILES string of the molecule is CCCOc1ccc(C2c3c(nn(CC)c3C)C(=O)N2c2ccc3nc[nH]c3c2)cc1. The van der Waals surface area contributed by atoms with Crippen molar-refractivity contribution in [2.75, 3.05) is 11.5 Å². The fourth-order valence-electron chi connectivity index (χ4n) is 4.34. The molecule has 0 fully saturated rings. The summed E-state index contributed by atoms with van der Waals surface area (Å²) in [5.74, 6) is 0.752. The van der Waals surface area contributed by atoms with Gasteiger partial charge in [0, 0.05) is 23.5 Å². The van der Waals surface area contributed by atoms with E-state index in [0.717, 1.165) is 52.3 Å². The third kappa shape index (κ3) is 3.08. The van der Waals surface area contributed by atoms with Crippen LogP contribution in [0, 0.1) is 6.92 Å². The van der Waals surface area contributed by atoms with Crippen LogP contribution in [0.5, 0.6) is 5.75 Å². The first-order valence-electron chi connectivity index (χ1n) is 10.7. The van der Waals surface area contributed by atoms with Gasteiger partial charge in [-0.2, -0.15) is 5.10 Å². The molecule has 1 unspecified atom stereocenters. The zero-order valence-electron chi connectivity index (χ0n) is 17.9. The maximum Gasteiger partial charge on any atom is 0.280 e. The van der Waals surface area contributed by atoms with Crippen molar-refractivity contribution in [3.05, 3.63) is 71.3 Å². The Hall–Kier alpha value is -3.61. The van der Waals surface area contributed by atoms with Gasteiger partial charge in [0.1, 0.15) is 5.75 Å². The number of H-pyrrole nitrogens is 1. The molecular weight excluding hydrogens is 390 g/mol. The third-order valence-electron chi connectivity index (χ3n) is 5.86. The first kappa shape index (κ1) is 19.4. The average Bonchev–Trinajstić information content (AvgIpc) is 3.46. The lowest BCUT2D eigenvalue weighted by atomic mass is 9.98. The summed E-state index contributed by atoms with van der Waals surface area (Å²) >= 11 is 0. The quantitative estimate of drug-likeness (QED) is 0.498. The van der Waals surface area contributed by atoms with E-state index in [9.17, 15) is 4.79 Å². The molecule has 4 aromatic rings. The maximum absolute atomic E-state index is 13.5. The smallest absolute Gasteiger partial charge is 0.280 e. The number of carbonyl (C=O) groups is 1. The Kier molecular flexibility index (Phi) is 4.73. The minimum Gasteiger partial charge on any atom is -0.494 e. The Morgan fingerprint density at radius 3 is 2.68 bits per heavy atom. The molecule has 7 heteroatoms. The molecule has 1 aliphatic heterocycles. The van der Waals surface area contributed by atoms with Gasteiger partial charge in [0.15, 0.2) is 5.69 Å². The Balaban J connectivity index is 1.63. The van der Waals surface area contributed by atoms with Crippen molar-refractivity contribution in [1.29, 1.82) is 0 Å². The Bertz CT molecular complexity index is 1250. The van der Waals surface area contributed by atoms with Crippen molar-refractivity contribution >= 4 is 22.6 Å². The number of ether oxygens (including phenoxy) is 1. The monoisotopic (exact) mass is 415 g/mol. The van der Waals surface area contributed by atoms with E-state index in [0.29, 0.717) is 12.3 Å². The van der Waals surface area contributed by atoms with E-state index < -0.39 is 0 Å². The highest BCUT2D eigenvalue weighted by Gasteiger charge is 2.43. The molecule has 0 spiro atoms. The molecule has 5 rings (SSSR count). The number of nitrogens with zero attached hydrogens (tertiary/aromatic N) is 4. The minimum atomic E-state index is -0.247. The zero-order valence-corrected chi connectivity index (χ0v) is 17.9. The zero-order chi connectivity index (χ0) is 21.5. The van der Waals surface area contributed by atoms with E-state index in [1.165, 1.54) is 0 Å². The lowest BCUT2D eigenvalue weighted by Crippen LogP contribution is -2.30. The number of fused-ring (bicyclic) bond motifs is 2. The van der Waals surface area contributed by atoms with Crippen LogP contribution in [0.15, 0.2) is 48.8 Å². The van der Waals surface area contributed by atoms with Gasteiger partial charge in [-0.1, -0.05) is 19.1 Å². The second kappa shape index (κ2) is 7.58. The summed E-state index contributed by atoms with van der Waals surface area (Å²) in [6.45, 7) is 7.57. The summed E-state index contributed by atoms with van der Waals surface area (Å²) in [6, 6.07) is 13.6. The molecule has 2 aromatic heterocycles. The predicted molar refractivity (Wildman–Crippen MR) is 120 cm³/mol. The average molecular weight is 415 g/mol. The number of imidazole rings is 1. The van der Waals surface area contributed by atoms with E-state index in [4.69, 9.17) is 4.74 Å². The van der Waals surface area contributed by atoms with Crippen LogP contribution in [0.1, 0.15) is 53.6 Å². The van der Waals surface area contributed by atoms with Gasteiger partial charge in [-0.25, -0.2) is 4.98 Å². The molecule has 31 heavy (non-hydrogen) atoms. The number of anilines is 1. The van der Waals surface area contributed by atoms with Gasteiger partial charge in [0.2, 0.25) is 0 Å². The van der Waals surface area contributed by atoms with Crippen LogP contribution in [0.25, 0.3) is 11.0 Å². The van der Waals surface area contributed by atoms with Crippen LogP contribution < -0.4 is 9.64 Å². The van der Waals surface area contributed by atoms with Crippen LogP contribution in [-0.2, 0) is 6.54 Å². The molecule has 2 aromatic carbocycles. The molecule has 1 aliphatic rings. The minimum absolute atomic E-state index is 0.0829. The molecule has 158 valence electrons. The van der Waals surface area contributed by atoms with E-state index in [1.807, 2.05) is 65.9 Å². The molecule has 0 bridgehead atoms. The Morgan fingerprint density at radius 1 is 1.13 bits per heavy atom. The highest BCUT2D eigenvalue weighted by molar-refractivity contribution is 6.11. The van der Waals surface area contributed by atoms with Gasteiger partial charge >= 0.3 is 0 Å². The fraction of sp³-hybridized carbons (Fsp3) is 0.292. The third-order valence-corrected chi connectivity index (χ3v) is 5.86. The lowest BCUT2D eigenvalue weighted by Gasteiger charge is -2.27. The Morgan fingerprint density at radius 2 is 1.94 bits per heavy atom. The molecule has 0 saturated heterocycles. The number of aryl methyl sites for hydroxylation is 1. The maximum atomic E-state index is 13.5. The molecule has 1 atom stereocenters. The molecule has 0 aliphatic carbocycles. The number of benzene rings is 2. The first-order chi connectivity index (χ1) is 15.1. The Labute approximate surface area is 180 Å². The summed E-state index contributed by atoms with van der Waals surface area (Å²) in [5.41, 5.74) is 6.13. The molecular formula is C24H25N5O2. The standard InChI is InChI=1S/C24H25N5O2/c1-4-12-31-18-9-6-16(7-10-18)23-21-15(3)28(5-2)27-22(21)24(30)29(23)17-8-11-19-20(13-17)26-14-25-19/h6-11,13-14,23H,4-5,12H2,1-3H3,(H,25,26). The molecule has 7 nitrogen and oxygen atoms in total. The van der Waals surface area contributed by atoms with Crippen LogP contribution in [0.4, 0.5) is 5.69 Å². The number of aromatic amines is 1. The van der Waals surface area contributed by atoms with Crippen molar-refractivity contribution in [3.63, 3.8) is 0 Å². The summed E-state index contributed by atoms with van der Waals surface area (Å²) < 4.78 is 7.66. The van der Waals surface area contributed by atoms with Crippen molar-refractivity contribution in [2.45, 2.75) is 39.8 Å². The number of amides is 1. The van der Waals surface area contributed by atoms with E-state index in [-0.39, 0.29) is 11.9 Å². The summed E-state index contributed by atoms with van der Waals surface area (Å²) in [6.07, 6.45) is 2.62. The largest absolute Gasteiger partial charge is 0.494 e. The first-order valence-corrected chi connectivity index (χ1v) is 10.7. The van der Waals surface area contributed by atoms with E-state index >= 15 is 0 Å². The van der Waals surface area contributed by atoms with Crippen LogP contribution in [-0.4, -0.2) is 32.3 Å². The van der Waals surface area contributed by atoms with Crippen molar-refractivity contribution < 1.29 is 9.53 Å². The summed E-state index contributed by atoms with van der Waals surface area (Å²) in [4.78, 5) is 22.8. The van der Waals surface area contributed by atoms with Crippen LogP contribution in [0.3, 0.4) is 0 Å². The van der Waals surface area contributed by atoms with E-state index in [2.05, 4.69) is 22.0 Å². The number of nitrogens with one attached hydrogen (secondary N) is 1. The number of rotatable bonds is 6. The molecule has 1 N–H and O–H groups in total. The summed E-state index contributed by atoms with van der Waals surface area (Å²) in [7, 11) is 0. The lowest BCUT2D eigenvalue weighted by molar-refractivity contribution is 0.0988. The predicted octanol–water partition coefficient (Wildman–Crippen LogP) is 4.63. The number of aromatic nitrogens is 4. The molecule has 0 saturated carbocycles. The molecule has 1 amide bonds. The van der Waals surface area contributed by atoms with Gasteiger partial charge in [0.25, 0.3) is 5.91 Å². The highest BCUT2D eigenvalue weighted by Crippen LogP contribution is 2.43. The van der Waals surface area contributed by atoms with Crippen molar-refractivity contribution in [1.82, 2.24) is 19.7 Å². The number of carbonyl (C=O) groups excluding carboxylic acids is 1. The van der Waals surface area contributed by atoms with Gasteiger partial charge in [-0.3, -0.25) is 14.4 Å².